The maximum Gasteiger partial charge on any atom is 0.191 e. The van der Waals surface area contributed by atoms with Crippen LogP contribution in [0.5, 0.6) is 0 Å². The molecular formula is C20H40OSi. The van der Waals surface area contributed by atoms with Gasteiger partial charge in [0.05, 0.1) is 0 Å². The fourth-order valence-corrected chi connectivity index (χ4v) is 3.96. The summed E-state index contributed by atoms with van der Waals surface area (Å²) in [4.78, 5) is 0. The van der Waals surface area contributed by atoms with Crippen LogP contribution < -0.4 is 0 Å². The molecule has 1 aliphatic rings. The second-order valence-electron chi connectivity index (χ2n) is 8.64. The van der Waals surface area contributed by atoms with Crippen LogP contribution in [0.25, 0.3) is 0 Å². The maximum atomic E-state index is 6.23. The van der Waals surface area contributed by atoms with Gasteiger partial charge in [0.1, 0.15) is 0 Å². The van der Waals surface area contributed by atoms with Crippen molar-refractivity contribution in [2.75, 3.05) is 6.61 Å². The summed E-state index contributed by atoms with van der Waals surface area (Å²) >= 11 is 0. The Labute approximate surface area is 141 Å². The van der Waals surface area contributed by atoms with Crippen molar-refractivity contribution in [1.82, 2.24) is 0 Å². The molecule has 1 nitrogen and oxygen atoms in total. The zero-order chi connectivity index (χ0) is 16.5. The molecule has 0 radical (unpaired) electrons. The molecule has 0 N–H and O–H groups in total. The molecule has 0 bridgehead atoms. The standard InChI is InChI=1S/C20H40OSi/c1-20(2,3)22(4,5)21-18-14-10-6-7-11-15-19-16-12-8-9-13-17-19/h11,15,19H,6-10,12-14,16-18H2,1-5H3/b15-11-. The maximum absolute atomic E-state index is 6.23. The van der Waals surface area contributed by atoms with E-state index >= 15 is 0 Å². The van der Waals surface area contributed by atoms with Gasteiger partial charge in [-0.2, -0.15) is 0 Å². The first-order valence-electron chi connectivity index (χ1n) is 9.63. The molecule has 1 fully saturated rings. The molecule has 0 unspecified atom stereocenters. The average Bonchev–Trinajstić information content (AvgIpc) is 2.69. The third-order valence-electron chi connectivity index (χ3n) is 5.59. The van der Waals surface area contributed by atoms with E-state index in [9.17, 15) is 0 Å². The van der Waals surface area contributed by atoms with Gasteiger partial charge in [-0.25, -0.2) is 0 Å². The summed E-state index contributed by atoms with van der Waals surface area (Å²) in [5, 5.41) is 0.342. The second-order valence-corrected chi connectivity index (χ2v) is 13.4. The van der Waals surface area contributed by atoms with Gasteiger partial charge in [0.2, 0.25) is 0 Å². The number of hydrogen-bond acceptors (Lipinski definition) is 1. The van der Waals surface area contributed by atoms with E-state index in [4.69, 9.17) is 4.43 Å². The molecule has 0 aromatic heterocycles. The van der Waals surface area contributed by atoms with Crippen molar-refractivity contribution in [3.63, 3.8) is 0 Å². The summed E-state index contributed by atoms with van der Waals surface area (Å²) in [6, 6.07) is 0. The van der Waals surface area contributed by atoms with E-state index in [1.54, 1.807) is 0 Å². The number of hydrogen-bond donors (Lipinski definition) is 0. The van der Waals surface area contributed by atoms with Crippen LogP contribution in [0.1, 0.15) is 85.0 Å². The largest absolute Gasteiger partial charge is 0.417 e. The molecule has 0 aromatic rings. The number of rotatable bonds is 8. The summed E-state index contributed by atoms with van der Waals surface area (Å²) in [5.41, 5.74) is 0. The third-order valence-corrected chi connectivity index (χ3v) is 10.1. The minimum absolute atomic E-state index is 0.342. The fraction of sp³-hybridized carbons (Fsp3) is 0.900. The van der Waals surface area contributed by atoms with Crippen LogP contribution in [0.3, 0.4) is 0 Å². The molecule has 0 spiro atoms. The molecule has 0 aliphatic heterocycles. The predicted octanol–water partition coefficient (Wildman–Crippen LogP) is 7.10. The first-order valence-corrected chi connectivity index (χ1v) is 12.5. The molecule has 2 heteroatoms. The van der Waals surface area contributed by atoms with E-state index < -0.39 is 8.32 Å². The van der Waals surface area contributed by atoms with E-state index in [1.807, 2.05) is 0 Å². The lowest BCUT2D eigenvalue weighted by Gasteiger charge is -2.36. The molecule has 0 amide bonds. The second kappa shape index (κ2) is 9.92. The van der Waals surface area contributed by atoms with Crippen molar-refractivity contribution in [1.29, 1.82) is 0 Å². The molecule has 1 rings (SSSR count). The zero-order valence-electron chi connectivity index (χ0n) is 15.9. The highest BCUT2D eigenvalue weighted by Crippen LogP contribution is 2.36. The Bertz CT molecular complexity index is 306. The van der Waals surface area contributed by atoms with Gasteiger partial charge in [-0.3, -0.25) is 0 Å². The van der Waals surface area contributed by atoms with E-state index in [0.717, 1.165) is 12.5 Å². The SMILES string of the molecule is CC(C)(C)[Si](C)(C)OCCCCC/C=C\C1CCCCCC1. The lowest BCUT2D eigenvalue weighted by atomic mass is 9.99. The molecule has 1 aliphatic carbocycles. The van der Waals surface area contributed by atoms with Crippen molar-refractivity contribution < 1.29 is 4.43 Å². The summed E-state index contributed by atoms with van der Waals surface area (Å²) in [6.07, 6.45) is 18.7. The van der Waals surface area contributed by atoms with Crippen molar-refractivity contribution in [3.8, 4) is 0 Å². The summed E-state index contributed by atoms with van der Waals surface area (Å²) < 4.78 is 6.23. The summed E-state index contributed by atoms with van der Waals surface area (Å²) in [5.74, 6) is 0.879. The van der Waals surface area contributed by atoms with Crippen LogP contribution in [0, 0.1) is 5.92 Å². The highest BCUT2D eigenvalue weighted by molar-refractivity contribution is 6.74. The van der Waals surface area contributed by atoms with Crippen molar-refractivity contribution in [3.05, 3.63) is 12.2 Å². The Hall–Kier alpha value is -0.0831. The summed E-state index contributed by atoms with van der Waals surface area (Å²) in [7, 11) is -1.52. The van der Waals surface area contributed by atoms with Gasteiger partial charge in [0, 0.05) is 6.61 Å². The Kier molecular flexibility index (Phi) is 9.00. The highest BCUT2D eigenvalue weighted by Gasteiger charge is 2.36. The van der Waals surface area contributed by atoms with Crippen molar-refractivity contribution in [2.45, 2.75) is 103 Å². The normalized spacial score (nSPS) is 18.8. The third kappa shape index (κ3) is 7.96. The monoisotopic (exact) mass is 324 g/mol. The predicted molar refractivity (Wildman–Crippen MR) is 102 cm³/mol. The molecule has 1 saturated carbocycles. The van der Waals surface area contributed by atoms with E-state index in [1.165, 1.54) is 64.2 Å². The lowest BCUT2D eigenvalue weighted by Crippen LogP contribution is -2.40. The number of allylic oxidation sites excluding steroid dienone is 2. The molecule has 0 aromatic carbocycles. The van der Waals surface area contributed by atoms with Crippen LogP contribution in [0.15, 0.2) is 12.2 Å². The summed E-state index contributed by atoms with van der Waals surface area (Å²) in [6.45, 7) is 12.6. The molecule has 130 valence electrons. The van der Waals surface area contributed by atoms with Crippen LogP contribution >= 0.6 is 0 Å². The Morgan fingerprint density at radius 3 is 2.18 bits per heavy atom. The van der Waals surface area contributed by atoms with Gasteiger partial charge < -0.3 is 4.43 Å². The Morgan fingerprint density at radius 1 is 0.955 bits per heavy atom. The molecular weight excluding hydrogens is 284 g/mol. The van der Waals surface area contributed by atoms with E-state index in [2.05, 4.69) is 46.0 Å². The highest BCUT2D eigenvalue weighted by atomic mass is 28.4. The van der Waals surface area contributed by atoms with Gasteiger partial charge in [-0.1, -0.05) is 65.0 Å². The first kappa shape index (κ1) is 20.0. The van der Waals surface area contributed by atoms with E-state index in [0.29, 0.717) is 5.04 Å². The topological polar surface area (TPSA) is 9.23 Å². The fourth-order valence-electron chi connectivity index (χ4n) is 2.88. The van der Waals surface area contributed by atoms with Crippen LogP contribution in [-0.4, -0.2) is 14.9 Å². The van der Waals surface area contributed by atoms with Crippen molar-refractivity contribution >= 4 is 8.32 Å². The van der Waals surface area contributed by atoms with Gasteiger partial charge in [0.15, 0.2) is 8.32 Å². The van der Waals surface area contributed by atoms with Gasteiger partial charge in [0.25, 0.3) is 0 Å². The first-order chi connectivity index (χ1) is 10.3. The Morgan fingerprint density at radius 2 is 1.59 bits per heavy atom. The minimum atomic E-state index is -1.52. The van der Waals surface area contributed by atoms with Crippen LogP contribution in [-0.2, 0) is 4.43 Å². The molecule has 0 atom stereocenters. The molecule has 22 heavy (non-hydrogen) atoms. The average molecular weight is 325 g/mol. The van der Waals surface area contributed by atoms with Crippen molar-refractivity contribution in [2.24, 2.45) is 5.92 Å². The smallest absolute Gasteiger partial charge is 0.191 e. The quantitative estimate of drug-likeness (QED) is 0.200. The Balaban J connectivity index is 2.03. The minimum Gasteiger partial charge on any atom is -0.417 e. The van der Waals surface area contributed by atoms with Crippen LogP contribution in [0.2, 0.25) is 18.1 Å². The van der Waals surface area contributed by atoms with Gasteiger partial charge in [-0.15, -0.1) is 0 Å². The van der Waals surface area contributed by atoms with Gasteiger partial charge >= 0.3 is 0 Å². The molecule has 0 saturated heterocycles. The lowest BCUT2D eigenvalue weighted by molar-refractivity contribution is 0.278. The number of unbranched alkanes of at least 4 members (excludes halogenated alkanes) is 3. The zero-order valence-corrected chi connectivity index (χ0v) is 16.9. The van der Waals surface area contributed by atoms with Crippen LogP contribution in [0.4, 0.5) is 0 Å². The molecule has 0 heterocycles. The van der Waals surface area contributed by atoms with E-state index in [-0.39, 0.29) is 0 Å². The van der Waals surface area contributed by atoms with Gasteiger partial charge in [-0.05, 0) is 56.2 Å².